The van der Waals surface area contributed by atoms with Gasteiger partial charge >= 0.3 is 0 Å². The van der Waals surface area contributed by atoms with Crippen LogP contribution in [-0.2, 0) is 5.75 Å². The zero-order chi connectivity index (χ0) is 27.0. The maximum absolute atomic E-state index is 12.7. The molecule has 0 bridgehead atoms. The number of aromatic amines is 1. The number of aromatic nitrogens is 3. The van der Waals surface area contributed by atoms with Crippen molar-refractivity contribution in [2.24, 2.45) is 5.92 Å². The molecule has 0 atom stereocenters. The van der Waals surface area contributed by atoms with Crippen LogP contribution in [0, 0.1) is 12.5 Å². The van der Waals surface area contributed by atoms with E-state index in [4.69, 9.17) is 11.3 Å². The highest BCUT2D eigenvalue weighted by molar-refractivity contribution is 7.98. The Morgan fingerprint density at radius 1 is 1.13 bits per heavy atom. The third-order valence-electron chi connectivity index (χ3n) is 6.87. The Labute approximate surface area is 232 Å². The Hall–Kier alpha value is -4.29. The lowest BCUT2D eigenvalue weighted by atomic mass is 9.96. The Balaban J connectivity index is 1.20. The van der Waals surface area contributed by atoms with E-state index in [0.29, 0.717) is 33.8 Å². The molecule has 0 radical (unpaired) electrons. The topological polar surface area (TPSA) is 87.5 Å². The Morgan fingerprint density at radius 3 is 2.69 bits per heavy atom. The standard InChI is InChI=1S/C30H30N6O2S/c1-31-28-27(23-6-4-8-26(18-23)38-2)34-30(35-29(28)37)39-20-22-5-3-7-24(17-22)33-19-21-11-15-36(16-12-21)25-9-13-32-14-10-25/h3-10,13-14,17-18,21,33H,11-12,15-16,19-20H2,2H3,(H,34,35,37). The number of nitrogens with zero attached hydrogens (tertiary/aromatic N) is 4. The summed E-state index contributed by atoms with van der Waals surface area (Å²) in [5, 5.41) is 4.09. The second-order valence-electron chi connectivity index (χ2n) is 9.42. The predicted molar refractivity (Wildman–Crippen MR) is 157 cm³/mol. The van der Waals surface area contributed by atoms with Crippen LogP contribution < -0.4 is 20.5 Å². The number of benzene rings is 2. The van der Waals surface area contributed by atoms with E-state index >= 15 is 0 Å². The van der Waals surface area contributed by atoms with E-state index in [2.05, 4.69) is 60.3 Å². The van der Waals surface area contributed by atoms with Crippen molar-refractivity contribution in [3.63, 3.8) is 0 Å². The van der Waals surface area contributed by atoms with E-state index < -0.39 is 5.56 Å². The molecular formula is C30H30N6O2S. The van der Waals surface area contributed by atoms with Gasteiger partial charge in [0.1, 0.15) is 5.75 Å². The molecule has 198 valence electrons. The summed E-state index contributed by atoms with van der Waals surface area (Å²) in [5.74, 6) is 1.91. The van der Waals surface area contributed by atoms with Crippen LogP contribution in [0.4, 0.5) is 17.1 Å². The molecule has 0 saturated carbocycles. The highest BCUT2D eigenvalue weighted by Gasteiger charge is 2.19. The molecule has 4 aromatic rings. The summed E-state index contributed by atoms with van der Waals surface area (Å²) >= 11 is 1.44. The fourth-order valence-corrected chi connectivity index (χ4v) is 5.53. The summed E-state index contributed by atoms with van der Waals surface area (Å²) in [6, 6.07) is 19.7. The molecule has 0 spiro atoms. The van der Waals surface area contributed by atoms with Gasteiger partial charge in [-0.3, -0.25) is 9.78 Å². The van der Waals surface area contributed by atoms with Gasteiger partial charge in [0.05, 0.1) is 19.4 Å². The number of methoxy groups -OCH3 is 1. The van der Waals surface area contributed by atoms with Crippen molar-refractivity contribution in [2.45, 2.75) is 23.8 Å². The lowest BCUT2D eigenvalue weighted by Gasteiger charge is -2.33. The minimum Gasteiger partial charge on any atom is -0.497 e. The average Bonchev–Trinajstić information content (AvgIpc) is 2.99. The number of hydrogen-bond donors (Lipinski definition) is 2. The smallest absolute Gasteiger partial charge is 0.276 e. The number of nitrogens with one attached hydrogen (secondary N) is 2. The average molecular weight is 539 g/mol. The van der Waals surface area contributed by atoms with Crippen molar-refractivity contribution in [3.8, 4) is 17.0 Å². The molecule has 1 aliphatic heterocycles. The minimum absolute atomic E-state index is 0.0228. The second-order valence-corrected chi connectivity index (χ2v) is 10.4. The zero-order valence-corrected chi connectivity index (χ0v) is 22.6. The summed E-state index contributed by atoms with van der Waals surface area (Å²) in [6.07, 6.45) is 6.01. The number of pyridine rings is 1. The second kappa shape index (κ2) is 12.5. The van der Waals surface area contributed by atoms with Crippen LogP contribution in [-0.4, -0.2) is 41.7 Å². The molecular weight excluding hydrogens is 508 g/mol. The first kappa shape index (κ1) is 26.3. The van der Waals surface area contributed by atoms with Gasteiger partial charge in [0.15, 0.2) is 5.16 Å². The quantitative estimate of drug-likeness (QED) is 0.153. The van der Waals surface area contributed by atoms with Crippen molar-refractivity contribution < 1.29 is 4.74 Å². The normalized spacial score (nSPS) is 13.6. The number of hydrogen-bond acceptors (Lipinski definition) is 7. The number of ether oxygens (including phenoxy) is 1. The molecule has 9 heteroatoms. The lowest BCUT2D eigenvalue weighted by molar-refractivity contribution is 0.415. The summed E-state index contributed by atoms with van der Waals surface area (Å²) in [6.45, 7) is 10.5. The third kappa shape index (κ3) is 6.59. The molecule has 3 heterocycles. The molecule has 2 aromatic carbocycles. The van der Waals surface area contributed by atoms with E-state index in [1.54, 1.807) is 13.2 Å². The maximum Gasteiger partial charge on any atom is 0.276 e. The summed E-state index contributed by atoms with van der Waals surface area (Å²) in [4.78, 5) is 30.0. The van der Waals surface area contributed by atoms with Crippen LogP contribution in [0.15, 0.2) is 83.0 Å². The van der Waals surface area contributed by atoms with E-state index in [1.807, 2.05) is 36.7 Å². The Bertz CT molecular complexity index is 1510. The minimum atomic E-state index is -0.439. The first-order valence-electron chi connectivity index (χ1n) is 12.9. The van der Waals surface area contributed by atoms with Crippen molar-refractivity contribution in [2.75, 3.05) is 37.0 Å². The Morgan fingerprint density at radius 2 is 1.92 bits per heavy atom. The van der Waals surface area contributed by atoms with Gasteiger partial charge in [-0.1, -0.05) is 36.0 Å². The number of thioether (sulfide) groups is 1. The Kier molecular flexibility index (Phi) is 8.44. The van der Waals surface area contributed by atoms with Gasteiger partial charge in [0, 0.05) is 49.2 Å². The third-order valence-corrected chi connectivity index (χ3v) is 7.81. The number of anilines is 2. The number of rotatable bonds is 9. The van der Waals surface area contributed by atoms with Gasteiger partial charge in [0.25, 0.3) is 11.2 Å². The molecule has 0 amide bonds. The molecule has 1 aliphatic rings. The van der Waals surface area contributed by atoms with Crippen LogP contribution in [0.1, 0.15) is 18.4 Å². The first-order valence-corrected chi connectivity index (χ1v) is 13.9. The number of H-pyrrole nitrogens is 1. The monoisotopic (exact) mass is 538 g/mol. The van der Waals surface area contributed by atoms with Crippen LogP contribution in [0.5, 0.6) is 5.75 Å². The fourth-order valence-electron chi connectivity index (χ4n) is 4.73. The van der Waals surface area contributed by atoms with Crippen molar-refractivity contribution >= 4 is 28.8 Å². The van der Waals surface area contributed by atoms with Crippen LogP contribution in [0.25, 0.3) is 16.1 Å². The summed E-state index contributed by atoms with van der Waals surface area (Å²) in [7, 11) is 1.58. The highest BCUT2D eigenvalue weighted by atomic mass is 32.2. The molecule has 2 aromatic heterocycles. The largest absolute Gasteiger partial charge is 0.497 e. The van der Waals surface area contributed by atoms with Crippen LogP contribution in [0.2, 0.25) is 0 Å². The van der Waals surface area contributed by atoms with Gasteiger partial charge < -0.3 is 19.9 Å². The lowest BCUT2D eigenvalue weighted by Crippen LogP contribution is -2.35. The molecule has 1 saturated heterocycles. The van der Waals surface area contributed by atoms with E-state index in [9.17, 15) is 4.79 Å². The van der Waals surface area contributed by atoms with E-state index in [-0.39, 0.29) is 5.69 Å². The highest BCUT2D eigenvalue weighted by Crippen LogP contribution is 2.30. The molecule has 1 fully saturated rings. The van der Waals surface area contributed by atoms with Crippen molar-refractivity contribution in [1.29, 1.82) is 0 Å². The maximum atomic E-state index is 12.7. The van der Waals surface area contributed by atoms with Crippen LogP contribution in [0.3, 0.4) is 0 Å². The summed E-state index contributed by atoms with van der Waals surface area (Å²) < 4.78 is 5.30. The van der Waals surface area contributed by atoms with Crippen LogP contribution >= 0.6 is 11.8 Å². The van der Waals surface area contributed by atoms with E-state index in [1.165, 1.54) is 17.4 Å². The van der Waals surface area contributed by atoms with Gasteiger partial charge in [0.2, 0.25) is 0 Å². The van der Waals surface area contributed by atoms with Gasteiger partial charge in [-0.15, -0.1) is 0 Å². The van der Waals surface area contributed by atoms with Gasteiger partial charge in [-0.2, -0.15) is 0 Å². The van der Waals surface area contributed by atoms with Gasteiger partial charge in [-0.05, 0) is 66.3 Å². The zero-order valence-electron chi connectivity index (χ0n) is 21.8. The summed E-state index contributed by atoms with van der Waals surface area (Å²) in [5.41, 5.74) is 4.03. The van der Waals surface area contributed by atoms with Crippen molar-refractivity contribution in [1.82, 2.24) is 15.0 Å². The SMILES string of the molecule is [C-]#[N+]c1c(-c2cccc(OC)c2)nc(SCc2cccc(NCC3CCN(c4ccncc4)CC3)c2)[nH]c1=O. The molecule has 5 rings (SSSR count). The van der Waals surface area contributed by atoms with Gasteiger partial charge in [-0.25, -0.2) is 9.83 Å². The van der Waals surface area contributed by atoms with E-state index in [0.717, 1.165) is 43.7 Å². The van der Waals surface area contributed by atoms with Crippen molar-refractivity contribution in [3.05, 3.63) is 100 Å². The fraction of sp³-hybridized carbons (Fsp3) is 0.267. The first-order chi connectivity index (χ1) is 19.1. The predicted octanol–water partition coefficient (Wildman–Crippen LogP) is 6.01. The number of piperidine rings is 1. The molecule has 0 aliphatic carbocycles. The molecule has 0 unspecified atom stereocenters. The molecule has 39 heavy (non-hydrogen) atoms. The molecule has 8 nitrogen and oxygen atoms in total. The molecule has 2 N–H and O–H groups in total.